The first-order valence-electron chi connectivity index (χ1n) is 9.90. The van der Waals surface area contributed by atoms with Crippen molar-refractivity contribution in [2.24, 2.45) is 5.92 Å². The van der Waals surface area contributed by atoms with E-state index in [1.165, 1.54) is 0 Å². The Hall–Kier alpha value is -1.33. The fraction of sp³-hybridized carbons (Fsp3) is 0.857. The minimum absolute atomic E-state index is 0.246. The molecule has 0 radical (unpaired) electrons. The molecule has 3 aliphatic rings. The first-order valence-corrected chi connectivity index (χ1v) is 9.90. The first kappa shape index (κ1) is 21.4. The number of likely N-dealkylation sites (tertiary alicyclic amines) is 1. The lowest BCUT2D eigenvalue weighted by Crippen LogP contribution is -2.71. The zero-order valence-electron chi connectivity index (χ0n) is 18.0. The van der Waals surface area contributed by atoms with Crippen LogP contribution in [0, 0.1) is 17.8 Å². The molecule has 0 unspecified atom stereocenters. The van der Waals surface area contributed by atoms with Gasteiger partial charge in [-0.1, -0.05) is 11.8 Å². The third kappa shape index (κ3) is 3.52. The molecule has 1 N–H and O–H groups in total. The predicted molar refractivity (Wildman–Crippen MR) is 102 cm³/mol. The molecule has 0 bridgehead atoms. The average Bonchev–Trinajstić information content (AvgIpc) is 3.35. The third-order valence-electron chi connectivity index (χ3n) is 6.18. The topological polar surface area (TPSA) is 77.5 Å². The molecule has 1 amide bonds. The zero-order chi connectivity index (χ0) is 21.0. The lowest BCUT2D eigenvalue weighted by atomic mass is 9.80. The standard InChI is InChI=1S/C21H33NO6/c1-18(2,3)28-17(24)22-13-15-16(14(9-8-12-23)21(22)10-11-21)27-20(6,25-7)19(4,5)26-15/h14-16,23H,10-13H2,1-7H3/t14-,15-,16-,20+/m1/s1. The van der Waals surface area contributed by atoms with Gasteiger partial charge in [-0.05, 0) is 54.4 Å². The fourth-order valence-electron chi connectivity index (χ4n) is 4.24. The van der Waals surface area contributed by atoms with E-state index in [0.717, 1.165) is 12.8 Å². The largest absolute Gasteiger partial charge is 0.444 e. The van der Waals surface area contributed by atoms with E-state index < -0.39 is 22.5 Å². The Bertz CT molecular complexity index is 683. The van der Waals surface area contributed by atoms with Crippen LogP contribution in [0.2, 0.25) is 0 Å². The second kappa shape index (κ2) is 6.88. The Kier molecular flexibility index (Phi) is 5.25. The van der Waals surface area contributed by atoms with Gasteiger partial charge in [0, 0.05) is 7.11 Å². The molecule has 1 spiro atoms. The first-order chi connectivity index (χ1) is 12.9. The van der Waals surface area contributed by atoms with Crippen molar-refractivity contribution >= 4 is 6.09 Å². The van der Waals surface area contributed by atoms with E-state index in [1.54, 1.807) is 12.0 Å². The van der Waals surface area contributed by atoms with E-state index in [0.29, 0.717) is 6.54 Å². The molecule has 3 rings (SSSR count). The summed E-state index contributed by atoms with van der Waals surface area (Å²) in [6.07, 6.45) is 0.543. The van der Waals surface area contributed by atoms with Crippen LogP contribution < -0.4 is 0 Å². The van der Waals surface area contributed by atoms with Gasteiger partial charge in [0.15, 0.2) is 5.79 Å². The molecule has 1 aliphatic carbocycles. The normalized spacial score (nSPS) is 35.6. The molecule has 1 saturated carbocycles. The number of nitrogens with zero attached hydrogens (tertiary/aromatic N) is 1. The van der Waals surface area contributed by atoms with Gasteiger partial charge in [0.1, 0.15) is 30.0 Å². The number of amides is 1. The molecule has 7 nitrogen and oxygen atoms in total. The van der Waals surface area contributed by atoms with Crippen LogP contribution in [0.5, 0.6) is 0 Å². The van der Waals surface area contributed by atoms with E-state index in [-0.39, 0.29) is 30.8 Å². The molecule has 0 aromatic rings. The van der Waals surface area contributed by atoms with Crippen molar-refractivity contribution in [1.29, 1.82) is 0 Å². The van der Waals surface area contributed by atoms with Gasteiger partial charge in [0.25, 0.3) is 0 Å². The summed E-state index contributed by atoms with van der Waals surface area (Å²) >= 11 is 0. The summed E-state index contributed by atoms with van der Waals surface area (Å²) in [6.45, 7) is 11.4. The summed E-state index contributed by atoms with van der Waals surface area (Å²) in [7, 11) is 1.60. The summed E-state index contributed by atoms with van der Waals surface area (Å²) in [5.74, 6) is 4.68. The molecule has 4 atom stereocenters. The van der Waals surface area contributed by atoms with Crippen LogP contribution in [0.25, 0.3) is 0 Å². The van der Waals surface area contributed by atoms with E-state index in [9.17, 15) is 9.90 Å². The maximum Gasteiger partial charge on any atom is 0.410 e. The second-order valence-corrected chi connectivity index (χ2v) is 9.55. The van der Waals surface area contributed by atoms with Gasteiger partial charge < -0.3 is 24.1 Å². The van der Waals surface area contributed by atoms with Gasteiger partial charge in [-0.3, -0.25) is 4.90 Å². The van der Waals surface area contributed by atoms with E-state index in [2.05, 4.69) is 11.8 Å². The van der Waals surface area contributed by atoms with Gasteiger partial charge in [0.05, 0.1) is 18.0 Å². The molecule has 28 heavy (non-hydrogen) atoms. The summed E-state index contributed by atoms with van der Waals surface area (Å²) < 4.78 is 24.2. The van der Waals surface area contributed by atoms with Gasteiger partial charge in [-0.25, -0.2) is 4.79 Å². The lowest BCUT2D eigenvalue weighted by Gasteiger charge is -2.57. The van der Waals surface area contributed by atoms with E-state index in [4.69, 9.17) is 18.9 Å². The number of hydrogen-bond donors (Lipinski definition) is 1. The maximum absolute atomic E-state index is 13.0. The molecule has 2 saturated heterocycles. The van der Waals surface area contributed by atoms with Crippen LogP contribution >= 0.6 is 0 Å². The molecule has 0 aromatic heterocycles. The van der Waals surface area contributed by atoms with E-state index in [1.807, 2.05) is 41.5 Å². The summed E-state index contributed by atoms with van der Waals surface area (Å²) in [6, 6.07) is 0. The van der Waals surface area contributed by atoms with Gasteiger partial charge in [0.2, 0.25) is 0 Å². The highest BCUT2D eigenvalue weighted by molar-refractivity contribution is 5.70. The second-order valence-electron chi connectivity index (χ2n) is 9.55. The summed E-state index contributed by atoms with van der Waals surface area (Å²) in [5.41, 5.74) is -1.76. The van der Waals surface area contributed by atoms with Crippen molar-refractivity contribution in [2.45, 2.75) is 89.1 Å². The van der Waals surface area contributed by atoms with Gasteiger partial charge in [-0.2, -0.15) is 0 Å². The Balaban J connectivity index is 1.97. The highest BCUT2D eigenvalue weighted by atomic mass is 16.7. The summed E-state index contributed by atoms with van der Waals surface area (Å²) in [4.78, 5) is 14.8. The van der Waals surface area contributed by atoms with Crippen LogP contribution in [-0.4, -0.2) is 71.1 Å². The van der Waals surface area contributed by atoms with Crippen LogP contribution in [-0.2, 0) is 18.9 Å². The van der Waals surface area contributed by atoms with Crippen molar-refractivity contribution in [3.05, 3.63) is 0 Å². The number of hydrogen-bond acceptors (Lipinski definition) is 6. The number of carbonyl (C=O) groups excluding carboxylic acids is 1. The highest BCUT2D eigenvalue weighted by Gasteiger charge is 2.67. The Morgan fingerprint density at radius 3 is 2.39 bits per heavy atom. The highest BCUT2D eigenvalue weighted by Crippen LogP contribution is 2.56. The number of carbonyl (C=O) groups is 1. The monoisotopic (exact) mass is 395 g/mol. The number of rotatable bonds is 1. The van der Waals surface area contributed by atoms with Crippen molar-refractivity contribution in [2.75, 3.05) is 20.3 Å². The average molecular weight is 395 g/mol. The van der Waals surface area contributed by atoms with Crippen molar-refractivity contribution in [1.82, 2.24) is 4.90 Å². The SMILES string of the molecule is CO[C@@]1(C)O[C@@H]2[C@@H](C#CCO)C3(CC3)N(C(=O)OC(C)(C)C)C[C@H]2OC1(C)C. The van der Waals surface area contributed by atoms with Crippen molar-refractivity contribution in [3.63, 3.8) is 0 Å². The number of aliphatic hydroxyl groups is 1. The molecular formula is C21H33NO6. The van der Waals surface area contributed by atoms with Crippen LogP contribution in [0.3, 0.4) is 0 Å². The van der Waals surface area contributed by atoms with Gasteiger partial charge in [-0.15, -0.1) is 0 Å². The Morgan fingerprint density at radius 2 is 1.89 bits per heavy atom. The fourth-order valence-corrected chi connectivity index (χ4v) is 4.24. The molecule has 3 fully saturated rings. The quantitative estimate of drug-likeness (QED) is 0.687. The number of aliphatic hydroxyl groups excluding tert-OH is 1. The van der Waals surface area contributed by atoms with E-state index >= 15 is 0 Å². The maximum atomic E-state index is 13.0. The lowest BCUT2D eigenvalue weighted by molar-refractivity contribution is -0.394. The summed E-state index contributed by atoms with van der Waals surface area (Å²) in [5, 5.41) is 9.27. The third-order valence-corrected chi connectivity index (χ3v) is 6.18. The van der Waals surface area contributed by atoms with Crippen molar-refractivity contribution in [3.8, 4) is 11.8 Å². The van der Waals surface area contributed by atoms with Crippen LogP contribution in [0.15, 0.2) is 0 Å². The molecule has 2 heterocycles. The smallest absolute Gasteiger partial charge is 0.410 e. The molecule has 2 aliphatic heterocycles. The predicted octanol–water partition coefficient (Wildman–Crippen LogP) is 2.31. The van der Waals surface area contributed by atoms with Crippen molar-refractivity contribution < 1.29 is 28.8 Å². The number of piperidine rings is 1. The number of methoxy groups -OCH3 is 1. The zero-order valence-corrected chi connectivity index (χ0v) is 18.0. The number of fused-ring (bicyclic) bond motifs is 1. The Labute approximate surface area is 167 Å². The Morgan fingerprint density at radius 1 is 1.25 bits per heavy atom. The molecule has 158 valence electrons. The molecule has 7 heteroatoms. The number of ether oxygens (including phenoxy) is 4. The minimum Gasteiger partial charge on any atom is -0.444 e. The molecular weight excluding hydrogens is 362 g/mol. The van der Waals surface area contributed by atoms with Crippen LogP contribution in [0.1, 0.15) is 54.4 Å². The minimum atomic E-state index is -0.947. The molecule has 0 aromatic carbocycles. The van der Waals surface area contributed by atoms with Crippen LogP contribution in [0.4, 0.5) is 4.79 Å². The van der Waals surface area contributed by atoms with Gasteiger partial charge >= 0.3 is 6.09 Å².